The molecule has 1 heterocycles. The average molecular weight is 481 g/mol. The summed E-state index contributed by atoms with van der Waals surface area (Å²) in [5, 5.41) is 2.80. The van der Waals surface area contributed by atoms with Crippen LogP contribution in [-0.4, -0.2) is 34.6 Å². The maximum Gasteiger partial charge on any atom is 0.264 e. The van der Waals surface area contributed by atoms with Gasteiger partial charge in [0.25, 0.3) is 15.9 Å². The van der Waals surface area contributed by atoms with Crippen LogP contribution in [-0.2, 0) is 27.8 Å². The van der Waals surface area contributed by atoms with Gasteiger partial charge in [-0.15, -0.1) is 0 Å². The van der Waals surface area contributed by atoms with Crippen molar-refractivity contribution in [2.24, 2.45) is 0 Å². The largest absolute Gasteiger partial charge is 0.496 e. The third-order valence-electron chi connectivity index (χ3n) is 5.83. The molecule has 0 aliphatic carbocycles. The van der Waals surface area contributed by atoms with E-state index < -0.39 is 10.0 Å². The van der Waals surface area contributed by atoms with E-state index >= 15 is 0 Å². The van der Waals surface area contributed by atoms with Crippen molar-refractivity contribution in [2.45, 2.75) is 31.2 Å². The predicted octanol–water partition coefficient (Wildman–Crippen LogP) is 3.84. The van der Waals surface area contributed by atoms with E-state index in [9.17, 15) is 13.2 Å². The molecule has 1 aliphatic heterocycles. The van der Waals surface area contributed by atoms with Crippen LogP contribution in [0.25, 0.3) is 0 Å². The van der Waals surface area contributed by atoms with Gasteiger partial charge in [-0.3, -0.25) is 9.10 Å². The molecule has 34 heavy (non-hydrogen) atoms. The van der Waals surface area contributed by atoms with E-state index in [-0.39, 0.29) is 17.4 Å². The molecule has 0 atom stereocenters. The lowest BCUT2D eigenvalue weighted by Gasteiger charge is -2.30. The second-order valence-electron chi connectivity index (χ2n) is 8.11. The van der Waals surface area contributed by atoms with Crippen LogP contribution in [0.1, 0.15) is 23.1 Å². The van der Waals surface area contributed by atoms with E-state index in [1.165, 1.54) is 10.4 Å². The van der Waals surface area contributed by atoms with Crippen LogP contribution in [0, 0.1) is 6.92 Å². The molecule has 0 bridgehead atoms. The first kappa shape index (κ1) is 23.6. The minimum absolute atomic E-state index is 0.179. The van der Waals surface area contributed by atoms with Crippen molar-refractivity contribution in [3.8, 4) is 11.5 Å². The fourth-order valence-corrected chi connectivity index (χ4v) is 5.68. The summed E-state index contributed by atoms with van der Waals surface area (Å²) in [6, 6.07) is 19.8. The standard InChI is InChI=1S/C26H28N2O5S/c1-19-16-22(34(30,31)28-15-7-10-20-8-3-5-11-23(20)28)13-14-24(19)33-18-26(29)27-17-21-9-4-6-12-25(21)32-2/h3-6,8-9,11-14,16H,7,10,15,17-18H2,1-2H3,(H,27,29). The van der Waals surface area contributed by atoms with Crippen LogP contribution in [0.3, 0.4) is 0 Å². The molecule has 0 unspecified atom stereocenters. The van der Waals surface area contributed by atoms with Crippen LogP contribution in [0.15, 0.2) is 71.6 Å². The fourth-order valence-electron chi connectivity index (χ4n) is 4.06. The number of ether oxygens (including phenoxy) is 2. The monoisotopic (exact) mass is 480 g/mol. The summed E-state index contributed by atoms with van der Waals surface area (Å²) in [4.78, 5) is 12.5. The highest BCUT2D eigenvalue weighted by molar-refractivity contribution is 7.92. The Morgan fingerprint density at radius 2 is 1.79 bits per heavy atom. The number of carbonyl (C=O) groups excluding carboxylic acids is 1. The van der Waals surface area contributed by atoms with Gasteiger partial charge in [-0.2, -0.15) is 0 Å². The van der Waals surface area contributed by atoms with Gasteiger partial charge in [0.05, 0.1) is 17.7 Å². The van der Waals surface area contributed by atoms with Crippen LogP contribution >= 0.6 is 0 Å². The minimum Gasteiger partial charge on any atom is -0.496 e. The van der Waals surface area contributed by atoms with E-state index in [1.54, 1.807) is 26.2 Å². The highest BCUT2D eigenvalue weighted by Gasteiger charge is 2.29. The van der Waals surface area contributed by atoms with E-state index in [0.29, 0.717) is 30.2 Å². The fraction of sp³-hybridized carbons (Fsp3) is 0.269. The van der Waals surface area contributed by atoms with Crippen molar-refractivity contribution in [3.05, 3.63) is 83.4 Å². The number of anilines is 1. The van der Waals surface area contributed by atoms with Gasteiger partial charge in [0, 0.05) is 18.7 Å². The Bertz CT molecular complexity index is 1290. The second kappa shape index (κ2) is 10.2. The van der Waals surface area contributed by atoms with Gasteiger partial charge >= 0.3 is 0 Å². The topological polar surface area (TPSA) is 84.9 Å². The quantitative estimate of drug-likeness (QED) is 0.530. The van der Waals surface area contributed by atoms with Gasteiger partial charge in [0.15, 0.2) is 6.61 Å². The van der Waals surface area contributed by atoms with Gasteiger partial charge in [-0.05, 0) is 61.2 Å². The predicted molar refractivity (Wildman–Crippen MR) is 131 cm³/mol. The number of carbonyl (C=O) groups is 1. The first-order valence-electron chi connectivity index (χ1n) is 11.1. The Morgan fingerprint density at radius 3 is 2.59 bits per heavy atom. The summed E-state index contributed by atoms with van der Waals surface area (Å²) in [6.45, 7) is 2.36. The highest BCUT2D eigenvalue weighted by atomic mass is 32.2. The number of aryl methyl sites for hydroxylation is 2. The van der Waals surface area contributed by atoms with Crippen LogP contribution < -0.4 is 19.1 Å². The van der Waals surface area contributed by atoms with Crippen molar-refractivity contribution >= 4 is 21.6 Å². The number of hydrogen-bond donors (Lipinski definition) is 1. The maximum absolute atomic E-state index is 13.4. The molecule has 0 spiro atoms. The number of nitrogens with one attached hydrogen (secondary N) is 1. The van der Waals surface area contributed by atoms with E-state index in [2.05, 4.69) is 5.32 Å². The molecule has 4 rings (SSSR count). The molecule has 0 radical (unpaired) electrons. The zero-order valence-electron chi connectivity index (χ0n) is 19.3. The number of rotatable bonds is 8. The van der Waals surface area contributed by atoms with Crippen molar-refractivity contribution in [1.82, 2.24) is 5.32 Å². The maximum atomic E-state index is 13.4. The molecular weight excluding hydrogens is 452 g/mol. The number of methoxy groups -OCH3 is 1. The Hall–Kier alpha value is -3.52. The Morgan fingerprint density at radius 1 is 1.03 bits per heavy atom. The molecule has 1 N–H and O–H groups in total. The van der Waals surface area contributed by atoms with E-state index in [0.717, 1.165) is 29.7 Å². The lowest BCUT2D eigenvalue weighted by atomic mass is 10.0. The molecule has 8 heteroatoms. The zero-order valence-corrected chi connectivity index (χ0v) is 20.1. The van der Waals surface area contributed by atoms with Crippen molar-refractivity contribution in [1.29, 1.82) is 0 Å². The molecule has 0 saturated carbocycles. The minimum atomic E-state index is -3.71. The third kappa shape index (κ3) is 5.02. The summed E-state index contributed by atoms with van der Waals surface area (Å²) in [6.07, 6.45) is 1.65. The molecule has 7 nitrogen and oxygen atoms in total. The lowest BCUT2D eigenvalue weighted by Crippen LogP contribution is -2.35. The summed E-state index contributed by atoms with van der Waals surface area (Å²) in [7, 11) is -2.12. The second-order valence-corrected chi connectivity index (χ2v) is 9.98. The number of nitrogens with zero attached hydrogens (tertiary/aromatic N) is 1. The van der Waals surface area contributed by atoms with E-state index in [4.69, 9.17) is 9.47 Å². The van der Waals surface area contributed by atoms with Crippen molar-refractivity contribution in [3.63, 3.8) is 0 Å². The molecule has 3 aromatic carbocycles. The summed E-state index contributed by atoms with van der Waals surface area (Å²) in [5.41, 5.74) is 3.28. The average Bonchev–Trinajstić information content (AvgIpc) is 2.86. The summed E-state index contributed by atoms with van der Waals surface area (Å²) >= 11 is 0. The molecule has 178 valence electrons. The molecule has 3 aromatic rings. The van der Waals surface area contributed by atoms with E-state index in [1.807, 2.05) is 48.5 Å². The lowest BCUT2D eigenvalue weighted by molar-refractivity contribution is -0.123. The van der Waals surface area contributed by atoms with Gasteiger partial charge in [0.2, 0.25) is 0 Å². The number of benzene rings is 3. The van der Waals surface area contributed by atoms with Crippen LogP contribution in [0.4, 0.5) is 5.69 Å². The molecule has 0 fully saturated rings. The van der Waals surface area contributed by atoms with Crippen LogP contribution in [0.5, 0.6) is 11.5 Å². The number of amides is 1. The van der Waals surface area contributed by atoms with Gasteiger partial charge in [-0.1, -0.05) is 36.4 Å². The smallest absolute Gasteiger partial charge is 0.264 e. The number of fused-ring (bicyclic) bond motifs is 1. The highest BCUT2D eigenvalue weighted by Crippen LogP contribution is 2.33. The number of hydrogen-bond acceptors (Lipinski definition) is 5. The summed E-state index contributed by atoms with van der Waals surface area (Å²) in [5.74, 6) is 0.880. The summed E-state index contributed by atoms with van der Waals surface area (Å²) < 4.78 is 39.2. The SMILES string of the molecule is COc1ccccc1CNC(=O)COc1ccc(S(=O)(=O)N2CCCc3ccccc32)cc1C. The Labute approximate surface area is 200 Å². The molecule has 1 amide bonds. The van der Waals surface area contributed by atoms with Gasteiger partial charge in [-0.25, -0.2) is 8.42 Å². The Kier molecular flexibility index (Phi) is 7.07. The van der Waals surface area contributed by atoms with Gasteiger partial charge < -0.3 is 14.8 Å². The van der Waals surface area contributed by atoms with Crippen molar-refractivity contribution in [2.75, 3.05) is 24.6 Å². The molecule has 0 aromatic heterocycles. The molecule has 0 saturated heterocycles. The number of para-hydroxylation sites is 2. The first-order valence-corrected chi connectivity index (χ1v) is 12.6. The zero-order chi connectivity index (χ0) is 24.1. The van der Waals surface area contributed by atoms with Crippen LogP contribution in [0.2, 0.25) is 0 Å². The third-order valence-corrected chi connectivity index (χ3v) is 7.64. The first-order chi connectivity index (χ1) is 16.4. The Balaban J connectivity index is 1.41. The number of sulfonamides is 1. The normalized spacial score (nSPS) is 13.2. The molecular formula is C26H28N2O5S. The van der Waals surface area contributed by atoms with Gasteiger partial charge in [0.1, 0.15) is 11.5 Å². The molecule has 1 aliphatic rings. The van der Waals surface area contributed by atoms with Crippen molar-refractivity contribution < 1.29 is 22.7 Å².